The molecule has 0 saturated heterocycles. The average Bonchev–Trinajstić information content (AvgIpc) is 3.36. The first kappa shape index (κ1) is 18.8. The van der Waals surface area contributed by atoms with Gasteiger partial charge in [-0.25, -0.2) is 0 Å². The maximum atomic E-state index is 9.11. The van der Waals surface area contributed by atoms with Crippen LogP contribution >= 0.6 is 11.8 Å². The molecule has 0 amide bonds. The van der Waals surface area contributed by atoms with Crippen LogP contribution in [0.5, 0.6) is 0 Å². The minimum absolute atomic E-state index is 0.0604. The molecule has 0 aliphatic rings. The molecule has 0 spiro atoms. The number of hydrogen-bond acceptors (Lipinski definition) is 7. The van der Waals surface area contributed by atoms with Crippen molar-refractivity contribution in [2.24, 2.45) is 7.05 Å². The fourth-order valence-corrected chi connectivity index (χ4v) is 3.71. The monoisotopic (exact) mass is 402 g/mol. The van der Waals surface area contributed by atoms with Gasteiger partial charge in [0.05, 0.1) is 22.6 Å². The molecule has 0 saturated carbocycles. The summed E-state index contributed by atoms with van der Waals surface area (Å²) >= 11 is 1.51. The summed E-state index contributed by atoms with van der Waals surface area (Å²) < 4.78 is 1.91. The van der Waals surface area contributed by atoms with Crippen molar-refractivity contribution in [3.63, 3.8) is 0 Å². The predicted molar refractivity (Wildman–Crippen MR) is 109 cm³/mol. The number of benzene rings is 2. The van der Waals surface area contributed by atoms with Gasteiger partial charge >= 0.3 is 0 Å². The number of thioether (sulfide) groups is 1. The number of hydrogen-bond donors (Lipinski definition) is 0. The first-order valence-corrected chi connectivity index (χ1v) is 9.86. The van der Waals surface area contributed by atoms with E-state index in [9.17, 15) is 0 Å². The Balaban J connectivity index is 1.54. The zero-order valence-electron chi connectivity index (χ0n) is 16.2. The Morgan fingerprint density at radius 1 is 1.07 bits per heavy atom. The van der Waals surface area contributed by atoms with Gasteiger partial charge in [-0.15, -0.1) is 25.2 Å². The van der Waals surface area contributed by atoms with Gasteiger partial charge in [0.15, 0.2) is 16.8 Å². The van der Waals surface area contributed by atoms with Crippen LogP contribution in [-0.2, 0) is 7.05 Å². The minimum Gasteiger partial charge on any atom is -0.305 e. The molecule has 2 heterocycles. The molecule has 1 unspecified atom stereocenters. The number of aromatic nitrogens is 7. The molecule has 0 N–H and O–H groups in total. The predicted octanol–water partition coefficient (Wildman–Crippen LogP) is 3.49. The number of tetrazole rings is 1. The Bertz CT molecular complexity index is 1200. The van der Waals surface area contributed by atoms with Crippen molar-refractivity contribution in [3.8, 4) is 23.1 Å². The summed E-state index contributed by atoms with van der Waals surface area (Å²) in [4.78, 5) is 1.54. The van der Waals surface area contributed by atoms with Crippen LogP contribution in [-0.4, -0.2) is 35.0 Å². The molecule has 8 nitrogen and oxygen atoms in total. The topological polar surface area (TPSA) is 98.1 Å². The van der Waals surface area contributed by atoms with E-state index in [1.54, 1.807) is 12.1 Å². The lowest BCUT2D eigenvalue weighted by Gasteiger charge is -2.07. The molecular weight excluding hydrogens is 384 g/mol. The highest BCUT2D eigenvalue weighted by Gasteiger charge is 2.19. The minimum atomic E-state index is -0.0604. The highest BCUT2D eigenvalue weighted by Crippen LogP contribution is 2.33. The number of nitriles is 1. The number of rotatable bonds is 5. The molecule has 0 radical (unpaired) electrons. The summed E-state index contributed by atoms with van der Waals surface area (Å²) in [5, 5.41) is 31.3. The maximum absolute atomic E-state index is 9.11. The Morgan fingerprint density at radius 3 is 2.69 bits per heavy atom. The molecule has 2 aromatic carbocycles. The van der Waals surface area contributed by atoms with Gasteiger partial charge in [-0.05, 0) is 48.9 Å². The van der Waals surface area contributed by atoms with Crippen LogP contribution in [0.1, 0.15) is 29.1 Å². The molecule has 0 fully saturated rings. The second-order valence-electron chi connectivity index (χ2n) is 6.59. The van der Waals surface area contributed by atoms with E-state index >= 15 is 0 Å². The van der Waals surface area contributed by atoms with Crippen LogP contribution in [0.4, 0.5) is 0 Å². The standard InChI is InChI=1S/C20H18N8S/c1-13-6-4-9-17(10-13)28-25-18(22-26-28)14(2)29-20-24-23-19(27(20)3)16-8-5-7-15(11-16)12-21/h4-11,14H,1-3H3. The van der Waals surface area contributed by atoms with Crippen LogP contribution in [0.2, 0.25) is 0 Å². The largest absolute Gasteiger partial charge is 0.305 e. The average molecular weight is 402 g/mol. The van der Waals surface area contributed by atoms with E-state index in [0.717, 1.165) is 22.0 Å². The normalized spacial score (nSPS) is 11.9. The molecule has 0 aliphatic carbocycles. The van der Waals surface area contributed by atoms with Crippen LogP contribution in [0.15, 0.2) is 53.7 Å². The SMILES string of the molecule is Cc1cccc(-n2nnc(C(C)Sc3nnc(-c4cccc(C#N)c4)n3C)n2)c1. The highest BCUT2D eigenvalue weighted by molar-refractivity contribution is 7.99. The molecule has 1 atom stereocenters. The van der Waals surface area contributed by atoms with Gasteiger partial charge in [0.1, 0.15) is 0 Å². The molecule has 29 heavy (non-hydrogen) atoms. The zero-order chi connectivity index (χ0) is 20.4. The molecule has 2 aromatic heterocycles. The third-order valence-corrected chi connectivity index (χ3v) is 5.52. The van der Waals surface area contributed by atoms with E-state index in [1.807, 2.05) is 61.9 Å². The van der Waals surface area contributed by atoms with Crippen molar-refractivity contribution in [2.45, 2.75) is 24.3 Å². The highest BCUT2D eigenvalue weighted by atomic mass is 32.2. The lowest BCUT2D eigenvalue weighted by Crippen LogP contribution is -2.01. The van der Waals surface area contributed by atoms with E-state index in [-0.39, 0.29) is 5.25 Å². The summed E-state index contributed by atoms with van der Waals surface area (Å²) in [7, 11) is 1.90. The first-order valence-electron chi connectivity index (χ1n) is 8.98. The summed E-state index contributed by atoms with van der Waals surface area (Å²) in [6.45, 7) is 4.03. The van der Waals surface area contributed by atoms with Gasteiger partial charge < -0.3 is 4.57 Å². The third kappa shape index (κ3) is 3.88. The molecule has 4 aromatic rings. The Hall–Kier alpha value is -3.51. The van der Waals surface area contributed by atoms with E-state index in [4.69, 9.17) is 5.26 Å². The fourth-order valence-electron chi connectivity index (χ4n) is 2.86. The van der Waals surface area contributed by atoms with Crippen molar-refractivity contribution in [1.82, 2.24) is 35.0 Å². The fraction of sp³-hybridized carbons (Fsp3) is 0.200. The second kappa shape index (κ2) is 7.85. The van der Waals surface area contributed by atoms with Crippen LogP contribution in [0.25, 0.3) is 17.1 Å². The van der Waals surface area contributed by atoms with Crippen molar-refractivity contribution >= 4 is 11.8 Å². The molecule has 9 heteroatoms. The molecule has 4 rings (SSSR count). The summed E-state index contributed by atoms with van der Waals surface area (Å²) in [6, 6.07) is 17.4. The van der Waals surface area contributed by atoms with Gasteiger partial charge in [-0.1, -0.05) is 36.0 Å². The van der Waals surface area contributed by atoms with E-state index in [0.29, 0.717) is 17.2 Å². The molecule has 0 aliphatic heterocycles. The quantitative estimate of drug-likeness (QED) is 0.471. The lowest BCUT2D eigenvalue weighted by molar-refractivity contribution is 0.717. The molecule has 144 valence electrons. The maximum Gasteiger partial charge on any atom is 0.191 e. The lowest BCUT2D eigenvalue weighted by atomic mass is 10.1. The van der Waals surface area contributed by atoms with Crippen LogP contribution in [0.3, 0.4) is 0 Å². The van der Waals surface area contributed by atoms with E-state index in [2.05, 4.69) is 31.7 Å². The van der Waals surface area contributed by atoms with E-state index < -0.39 is 0 Å². The van der Waals surface area contributed by atoms with Gasteiger partial charge in [0.2, 0.25) is 0 Å². The summed E-state index contributed by atoms with van der Waals surface area (Å²) in [6.07, 6.45) is 0. The van der Waals surface area contributed by atoms with Crippen LogP contribution in [0, 0.1) is 18.3 Å². The second-order valence-corrected chi connectivity index (χ2v) is 7.90. The number of aryl methyl sites for hydroxylation is 1. The van der Waals surface area contributed by atoms with Crippen molar-refractivity contribution in [2.75, 3.05) is 0 Å². The first-order chi connectivity index (χ1) is 14.0. The van der Waals surface area contributed by atoms with Crippen molar-refractivity contribution < 1.29 is 0 Å². The molecular formula is C20H18N8S. The van der Waals surface area contributed by atoms with E-state index in [1.165, 1.54) is 16.6 Å². The summed E-state index contributed by atoms with van der Waals surface area (Å²) in [5.74, 6) is 1.32. The Labute approximate surface area is 172 Å². The van der Waals surface area contributed by atoms with Gasteiger partial charge in [-0.3, -0.25) is 0 Å². The van der Waals surface area contributed by atoms with Gasteiger partial charge in [0.25, 0.3) is 0 Å². The Kier molecular flexibility index (Phi) is 5.10. The summed E-state index contributed by atoms with van der Waals surface area (Å²) in [5.41, 5.74) is 3.45. The number of nitrogens with zero attached hydrogens (tertiary/aromatic N) is 8. The van der Waals surface area contributed by atoms with Gasteiger partial charge in [-0.2, -0.15) is 5.26 Å². The third-order valence-electron chi connectivity index (χ3n) is 4.39. The zero-order valence-corrected chi connectivity index (χ0v) is 17.0. The van der Waals surface area contributed by atoms with Crippen LogP contribution < -0.4 is 0 Å². The van der Waals surface area contributed by atoms with Crippen molar-refractivity contribution in [1.29, 1.82) is 5.26 Å². The van der Waals surface area contributed by atoms with Crippen molar-refractivity contribution in [3.05, 3.63) is 65.5 Å². The Morgan fingerprint density at radius 2 is 1.90 bits per heavy atom. The van der Waals surface area contributed by atoms with Gasteiger partial charge in [0, 0.05) is 12.6 Å². The smallest absolute Gasteiger partial charge is 0.191 e. The molecule has 0 bridgehead atoms.